The summed E-state index contributed by atoms with van der Waals surface area (Å²) in [6.07, 6.45) is -0.0505. The fourth-order valence-electron chi connectivity index (χ4n) is 3.08. The standard InChI is InChI=1S/C23H28N4O7/c1-13(25-20(30)12-24)21(31)26-18(10-14-2-6-16(28)7-3-14)22(32)27-19(23(33)34)11-15-4-8-17(29)9-5-15/h2-9,13,18-19,28-29H,10-12,24H2,1H3,(H,25,30)(H,26,31)(H,27,32)(H,33,34). The minimum absolute atomic E-state index is 0.000949. The van der Waals surface area contributed by atoms with Crippen LogP contribution in [0.25, 0.3) is 0 Å². The maximum atomic E-state index is 13.0. The lowest BCUT2D eigenvalue weighted by atomic mass is 10.0. The molecule has 8 N–H and O–H groups in total. The minimum atomic E-state index is -1.30. The summed E-state index contributed by atoms with van der Waals surface area (Å²) in [6.45, 7) is 1.11. The van der Waals surface area contributed by atoms with Crippen molar-refractivity contribution in [2.45, 2.75) is 37.9 Å². The number of nitrogens with one attached hydrogen (secondary N) is 3. The van der Waals surface area contributed by atoms with E-state index in [4.69, 9.17) is 5.73 Å². The number of phenolic OH excluding ortho intramolecular Hbond substituents is 2. The number of aliphatic carboxylic acids is 1. The summed E-state index contributed by atoms with van der Waals surface area (Å²) in [7, 11) is 0. The molecule has 2 aromatic rings. The van der Waals surface area contributed by atoms with Gasteiger partial charge in [0.25, 0.3) is 0 Å². The number of phenols is 2. The van der Waals surface area contributed by atoms with E-state index in [0.29, 0.717) is 11.1 Å². The van der Waals surface area contributed by atoms with Crippen LogP contribution in [-0.4, -0.2) is 63.7 Å². The summed E-state index contributed by atoms with van der Waals surface area (Å²) in [5.41, 5.74) is 6.41. The monoisotopic (exact) mass is 472 g/mol. The molecule has 0 saturated carbocycles. The Bertz CT molecular complexity index is 1010. The van der Waals surface area contributed by atoms with Crippen molar-refractivity contribution in [1.82, 2.24) is 16.0 Å². The van der Waals surface area contributed by atoms with Crippen LogP contribution in [0.1, 0.15) is 18.1 Å². The molecule has 0 aromatic heterocycles. The molecule has 3 unspecified atom stereocenters. The lowest BCUT2D eigenvalue weighted by molar-refractivity contribution is -0.142. The van der Waals surface area contributed by atoms with Gasteiger partial charge in [0.1, 0.15) is 29.6 Å². The van der Waals surface area contributed by atoms with Crippen LogP contribution in [0.5, 0.6) is 11.5 Å². The minimum Gasteiger partial charge on any atom is -0.508 e. The molecule has 34 heavy (non-hydrogen) atoms. The first-order valence-corrected chi connectivity index (χ1v) is 10.5. The summed E-state index contributed by atoms with van der Waals surface area (Å²) >= 11 is 0. The highest BCUT2D eigenvalue weighted by Crippen LogP contribution is 2.13. The number of nitrogens with two attached hydrogens (primary N) is 1. The third kappa shape index (κ3) is 8.10. The third-order valence-electron chi connectivity index (χ3n) is 4.96. The number of hydrogen-bond donors (Lipinski definition) is 7. The molecule has 0 bridgehead atoms. The molecule has 0 aliphatic heterocycles. The van der Waals surface area contributed by atoms with Crippen LogP contribution >= 0.6 is 0 Å². The SMILES string of the molecule is CC(NC(=O)CN)C(=O)NC(Cc1ccc(O)cc1)C(=O)NC(Cc1ccc(O)cc1)C(=O)O. The Kier molecular flexibility index (Phi) is 9.38. The molecule has 0 aliphatic carbocycles. The van der Waals surface area contributed by atoms with Gasteiger partial charge in [0.05, 0.1) is 6.54 Å². The first-order chi connectivity index (χ1) is 16.1. The Labute approximate surface area is 196 Å². The second-order valence-electron chi connectivity index (χ2n) is 7.70. The molecular weight excluding hydrogens is 444 g/mol. The highest BCUT2D eigenvalue weighted by atomic mass is 16.4. The quantitative estimate of drug-likeness (QED) is 0.225. The van der Waals surface area contributed by atoms with Gasteiger partial charge in [-0.15, -0.1) is 0 Å². The van der Waals surface area contributed by atoms with Gasteiger partial charge in [-0.25, -0.2) is 4.79 Å². The molecule has 0 aliphatic rings. The molecule has 0 heterocycles. The number of carboxylic acid groups (broad SMARTS) is 1. The predicted molar refractivity (Wildman–Crippen MR) is 122 cm³/mol. The van der Waals surface area contributed by atoms with Crippen LogP contribution in [0.3, 0.4) is 0 Å². The first kappa shape index (κ1) is 26.1. The Hall–Kier alpha value is -4.12. The lowest BCUT2D eigenvalue weighted by Crippen LogP contribution is -2.56. The lowest BCUT2D eigenvalue weighted by Gasteiger charge is -2.23. The number of carboxylic acids is 1. The fourth-order valence-corrected chi connectivity index (χ4v) is 3.08. The van der Waals surface area contributed by atoms with Crippen molar-refractivity contribution >= 4 is 23.7 Å². The Morgan fingerprint density at radius 1 is 0.765 bits per heavy atom. The van der Waals surface area contributed by atoms with E-state index in [1.807, 2.05) is 0 Å². The summed E-state index contributed by atoms with van der Waals surface area (Å²) in [6, 6.07) is 8.38. The maximum absolute atomic E-state index is 13.0. The highest BCUT2D eigenvalue weighted by Gasteiger charge is 2.28. The molecule has 182 valence electrons. The second kappa shape index (κ2) is 12.2. The van der Waals surface area contributed by atoms with Gasteiger partial charge in [-0.1, -0.05) is 24.3 Å². The van der Waals surface area contributed by atoms with Gasteiger partial charge < -0.3 is 37.0 Å². The number of carbonyl (C=O) groups excluding carboxylic acids is 3. The van der Waals surface area contributed by atoms with Crippen molar-refractivity contribution < 1.29 is 34.5 Å². The van der Waals surface area contributed by atoms with Crippen molar-refractivity contribution in [1.29, 1.82) is 0 Å². The molecule has 11 heteroatoms. The van der Waals surface area contributed by atoms with Gasteiger partial charge in [-0.3, -0.25) is 14.4 Å². The topological polar surface area (TPSA) is 191 Å². The predicted octanol–water partition coefficient (Wildman–Crippen LogP) is -0.599. The van der Waals surface area contributed by atoms with Gasteiger partial charge in [-0.05, 0) is 42.3 Å². The van der Waals surface area contributed by atoms with E-state index in [1.54, 1.807) is 12.1 Å². The fraction of sp³-hybridized carbons (Fsp3) is 0.304. The average Bonchev–Trinajstić information content (AvgIpc) is 2.80. The second-order valence-corrected chi connectivity index (χ2v) is 7.70. The number of amides is 3. The molecule has 3 atom stereocenters. The largest absolute Gasteiger partial charge is 0.508 e. The molecule has 0 fully saturated rings. The number of hydrogen-bond acceptors (Lipinski definition) is 7. The molecule has 0 saturated heterocycles. The summed E-state index contributed by atoms with van der Waals surface area (Å²) in [4.78, 5) is 48.8. The van der Waals surface area contributed by atoms with Crippen LogP contribution in [-0.2, 0) is 32.0 Å². The normalized spacial score (nSPS) is 13.2. The van der Waals surface area contributed by atoms with Crippen LogP contribution in [0, 0.1) is 0 Å². The van der Waals surface area contributed by atoms with Crippen molar-refractivity contribution in [3.8, 4) is 11.5 Å². The zero-order chi connectivity index (χ0) is 25.3. The first-order valence-electron chi connectivity index (χ1n) is 10.5. The van der Waals surface area contributed by atoms with E-state index in [9.17, 15) is 34.5 Å². The molecule has 0 spiro atoms. The molecule has 2 aromatic carbocycles. The van der Waals surface area contributed by atoms with E-state index in [0.717, 1.165) is 0 Å². The van der Waals surface area contributed by atoms with Crippen LogP contribution < -0.4 is 21.7 Å². The summed E-state index contributed by atoms with van der Waals surface area (Å²) in [5.74, 6) is -3.20. The van der Waals surface area contributed by atoms with Crippen molar-refractivity contribution in [3.63, 3.8) is 0 Å². The van der Waals surface area contributed by atoms with Crippen molar-refractivity contribution in [3.05, 3.63) is 59.7 Å². The molecule has 3 amide bonds. The zero-order valence-corrected chi connectivity index (χ0v) is 18.5. The van der Waals surface area contributed by atoms with E-state index in [1.165, 1.54) is 43.3 Å². The Morgan fingerprint density at radius 2 is 1.21 bits per heavy atom. The van der Waals surface area contributed by atoms with Crippen molar-refractivity contribution in [2.75, 3.05) is 6.54 Å². The van der Waals surface area contributed by atoms with Gasteiger partial charge in [0, 0.05) is 12.8 Å². The van der Waals surface area contributed by atoms with E-state index < -0.39 is 41.8 Å². The van der Waals surface area contributed by atoms with E-state index in [2.05, 4.69) is 16.0 Å². The summed E-state index contributed by atoms with van der Waals surface area (Å²) < 4.78 is 0. The molecule has 11 nitrogen and oxygen atoms in total. The van der Waals surface area contributed by atoms with Gasteiger partial charge in [-0.2, -0.15) is 0 Å². The van der Waals surface area contributed by atoms with Crippen LogP contribution in [0.2, 0.25) is 0 Å². The van der Waals surface area contributed by atoms with Crippen LogP contribution in [0.4, 0.5) is 0 Å². The smallest absolute Gasteiger partial charge is 0.326 e. The maximum Gasteiger partial charge on any atom is 0.326 e. The average molecular weight is 472 g/mol. The zero-order valence-electron chi connectivity index (χ0n) is 18.5. The highest BCUT2D eigenvalue weighted by molar-refractivity contribution is 5.93. The number of benzene rings is 2. The van der Waals surface area contributed by atoms with Gasteiger partial charge in [0.15, 0.2) is 0 Å². The molecular formula is C23H28N4O7. The molecule has 2 rings (SSSR count). The van der Waals surface area contributed by atoms with Crippen LogP contribution in [0.15, 0.2) is 48.5 Å². The van der Waals surface area contributed by atoms with E-state index >= 15 is 0 Å². The number of aromatic hydroxyl groups is 2. The molecule has 0 radical (unpaired) electrons. The summed E-state index contributed by atoms with van der Waals surface area (Å²) in [5, 5.41) is 35.8. The Balaban J connectivity index is 2.18. The van der Waals surface area contributed by atoms with Crippen molar-refractivity contribution in [2.24, 2.45) is 5.73 Å². The number of rotatable bonds is 11. The van der Waals surface area contributed by atoms with E-state index in [-0.39, 0.29) is 30.9 Å². The number of carbonyl (C=O) groups is 4. The third-order valence-corrected chi connectivity index (χ3v) is 4.96. The van der Waals surface area contributed by atoms with Gasteiger partial charge >= 0.3 is 5.97 Å². The Morgan fingerprint density at radius 3 is 1.65 bits per heavy atom. The van der Waals surface area contributed by atoms with Gasteiger partial charge in [0.2, 0.25) is 17.7 Å².